The summed E-state index contributed by atoms with van der Waals surface area (Å²) in [4.78, 5) is 11.7. The largest absolute Gasteiger partial charge is 0.497 e. The molecule has 0 atom stereocenters. The molecule has 2 aromatic carbocycles. The normalized spacial score (nSPS) is 11.5. The van der Waals surface area contributed by atoms with Crippen LogP contribution in [0, 0.1) is 0 Å². The SMILES string of the molecule is CCn1c(=O)oc2cc(NS(=O)(=O)c3cc(OC)ccc3OC)ccc21. The van der Waals surface area contributed by atoms with Crippen LogP contribution in [-0.2, 0) is 16.6 Å². The molecule has 0 amide bonds. The zero-order valence-electron chi connectivity index (χ0n) is 14.5. The van der Waals surface area contributed by atoms with Gasteiger partial charge in [-0.3, -0.25) is 9.29 Å². The van der Waals surface area contributed by atoms with Crippen LogP contribution in [0.25, 0.3) is 11.1 Å². The van der Waals surface area contributed by atoms with E-state index in [4.69, 9.17) is 13.9 Å². The monoisotopic (exact) mass is 378 g/mol. The summed E-state index contributed by atoms with van der Waals surface area (Å²) in [6, 6.07) is 9.14. The number of aryl methyl sites for hydroxylation is 1. The first-order chi connectivity index (χ1) is 12.4. The number of hydrogen-bond acceptors (Lipinski definition) is 6. The summed E-state index contributed by atoms with van der Waals surface area (Å²) in [6.07, 6.45) is 0. The van der Waals surface area contributed by atoms with Gasteiger partial charge in [-0.2, -0.15) is 0 Å². The Morgan fingerprint density at radius 2 is 1.88 bits per heavy atom. The Hall–Kier alpha value is -2.94. The summed E-state index contributed by atoms with van der Waals surface area (Å²) in [6.45, 7) is 2.28. The summed E-state index contributed by atoms with van der Waals surface area (Å²) in [7, 11) is -1.12. The van der Waals surface area contributed by atoms with Gasteiger partial charge < -0.3 is 13.9 Å². The highest BCUT2D eigenvalue weighted by Gasteiger charge is 2.21. The molecule has 0 saturated heterocycles. The molecule has 0 aliphatic rings. The molecular weight excluding hydrogens is 360 g/mol. The minimum absolute atomic E-state index is 0.0629. The topological polar surface area (TPSA) is 99.8 Å². The maximum absolute atomic E-state index is 12.8. The van der Waals surface area contributed by atoms with E-state index >= 15 is 0 Å². The standard InChI is InChI=1S/C17H18N2O6S/c1-4-19-13-7-5-11(9-15(13)25-17(19)20)18-26(21,22)16-10-12(23-2)6-8-14(16)24-3/h5-10,18H,4H2,1-3H3. The summed E-state index contributed by atoms with van der Waals surface area (Å²) < 4.78 is 44.8. The van der Waals surface area contributed by atoms with Gasteiger partial charge in [0.15, 0.2) is 5.58 Å². The van der Waals surface area contributed by atoms with Crippen LogP contribution in [0.3, 0.4) is 0 Å². The summed E-state index contributed by atoms with van der Waals surface area (Å²) >= 11 is 0. The van der Waals surface area contributed by atoms with E-state index in [1.807, 2.05) is 6.92 Å². The third-order valence-electron chi connectivity index (χ3n) is 3.90. The molecule has 26 heavy (non-hydrogen) atoms. The molecule has 0 bridgehead atoms. The molecule has 0 aliphatic carbocycles. The van der Waals surface area contributed by atoms with Crippen molar-refractivity contribution in [2.75, 3.05) is 18.9 Å². The Balaban J connectivity index is 2.02. The molecule has 3 aromatic rings. The smallest absolute Gasteiger partial charge is 0.419 e. The van der Waals surface area contributed by atoms with E-state index in [9.17, 15) is 13.2 Å². The lowest BCUT2D eigenvalue weighted by molar-refractivity contribution is 0.392. The van der Waals surface area contributed by atoms with E-state index in [1.54, 1.807) is 18.2 Å². The van der Waals surface area contributed by atoms with E-state index in [0.29, 0.717) is 23.4 Å². The lowest BCUT2D eigenvalue weighted by Crippen LogP contribution is -2.14. The van der Waals surface area contributed by atoms with E-state index in [1.165, 1.54) is 37.0 Å². The van der Waals surface area contributed by atoms with Crippen molar-refractivity contribution in [2.45, 2.75) is 18.4 Å². The molecule has 138 valence electrons. The van der Waals surface area contributed by atoms with Crippen molar-refractivity contribution in [1.29, 1.82) is 0 Å². The zero-order chi connectivity index (χ0) is 18.9. The molecule has 1 heterocycles. The quantitative estimate of drug-likeness (QED) is 0.707. The predicted octanol–water partition coefficient (Wildman–Crippen LogP) is 2.43. The van der Waals surface area contributed by atoms with Gasteiger partial charge in [-0.05, 0) is 31.2 Å². The van der Waals surface area contributed by atoms with Crippen molar-refractivity contribution in [3.63, 3.8) is 0 Å². The number of oxazole rings is 1. The first-order valence-corrected chi connectivity index (χ1v) is 9.26. The van der Waals surface area contributed by atoms with Crippen molar-refractivity contribution < 1.29 is 22.3 Å². The van der Waals surface area contributed by atoms with Gasteiger partial charge in [0.05, 0.1) is 25.4 Å². The Morgan fingerprint density at radius 3 is 2.54 bits per heavy atom. The van der Waals surface area contributed by atoms with Crippen molar-refractivity contribution in [3.8, 4) is 11.5 Å². The second-order valence-electron chi connectivity index (χ2n) is 5.42. The van der Waals surface area contributed by atoms with Crippen LogP contribution in [-0.4, -0.2) is 27.2 Å². The Kier molecular flexibility index (Phi) is 4.64. The van der Waals surface area contributed by atoms with E-state index in [0.717, 1.165) is 0 Å². The zero-order valence-corrected chi connectivity index (χ0v) is 15.3. The van der Waals surface area contributed by atoms with Gasteiger partial charge in [-0.15, -0.1) is 0 Å². The number of benzene rings is 2. The first-order valence-electron chi connectivity index (χ1n) is 7.78. The maximum atomic E-state index is 12.8. The number of hydrogen-bond donors (Lipinski definition) is 1. The van der Waals surface area contributed by atoms with Crippen molar-refractivity contribution in [2.24, 2.45) is 0 Å². The predicted molar refractivity (Wildman–Crippen MR) is 96.5 cm³/mol. The van der Waals surface area contributed by atoms with Crippen LogP contribution in [0.4, 0.5) is 5.69 Å². The highest BCUT2D eigenvalue weighted by atomic mass is 32.2. The molecule has 3 rings (SSSR count). The lowest BCUT2D eigenvalue weighted by atomic mass is 10.3. The molecule has 0 spiro atoms. The number of anilines is 1. The second-order valence-corrected chi connectivity index (χ2v) is 7.07. The molecular formula is C17H18N2O6S. The van der Waals surface area contributed by atoms with Gasteiger partial charge in [0.2, 0.25) is 0 Å². The summed E-state index contributed by atoms with van der Waals surface area (Å²) in [5, 5.41) is 0. The molecule has 0 aliphatic heterocycles. The van der Waals surface area contributed by atoms with Crippen LogP contribution in [0.1, 0.15) is 6.92 Å². The molecule has 0 saturated carbocycles. The molecule has 8 nitrogen and oxygen atoms in total. The van der Waals surface area contributed by atoms with Gasteiger partial charge in [-0.25, -0.2) is 13.2 Å². The first kappa shape index (κ1) is 17.9. The highest BCUT2D eigenvalue weighted by Crippen LogP contribution is 2.30. The fraction of sp³-hybridized carbons (Fsp3) is 0.235. The molecule has 9 heteroatoms. The Labute approximate surface area is 150 Å². The van der Waals surface area contributed by atoms with Gasteiger partial charge >= 0.3 is 5.76 Å². The number of aromatic nitrogens is 1. The third kappa shape index (κ3) is 3.13. The van der Waals surface area contributed by atoms with Gasteiger partial charge in [-0.1, -0.05) is 0 Å². The van der Waals surface area contributed by atoms with E-state index in [2.05, 4.69) is 4.72 Å². The third-order valence-corrected chi connectivity index (χ3v) is 5.30. The lowest BCUT2D eigenvalue weighted by Gasteiger charge is -2.12. The summed E-state index contributed by atoms with van der Waals surface area (Å²) in [5.74, 6) is 0.0765. The number of methoxy groups -OCH3 is 2. The Bertz CT molecular complexity index is 1110. The van der Waals surface area contributed by atoms with E-state index in [-0.39, 0.29) is 16.3 Å². The number of rotatable bonds is 6. The van der Waals surface area contributed by atoms with Crippen LogP contribution >= 0.6 is 0 Å². The van der Waals surface area contributed by atoms with Gasteiger partial charge in [0, 0.05) is 18.7 Å². The molecule has 1 N–H and O–H groups in total. The minimum Gasteiger partial charge on any atom is -0.497 e. The van der Waals surface area contributed by atoms with Crippen LogP contribution in [0.2, 0.25) is 0 Å². The number of ether oxygens (including phenoxy) is 2. The highest BCUT2D eigenvalue weighted by molar-refractivity contribution is 7.92. The Morgan fingerprint density at radius 1 is 1.12 bits per heavy atom. The fourth-order valence-corrected chi connectivity index (χ4v) is 3.87. The molecule has 0 unspecified atom stereocenters. The van der Waals surface area contributed by atoms with E-state index < -0.39 is 15.8 Å². The molecule has 1 aromatic heterocycles. The number of sulfonamides is 1. The van der Waals surface area contributed by atoms with Crippen molar-refractivity contribution in [3.05, 3.63) is 46.9 Å². The summed E-state index contributed by atoms with van der Waals surface area (Å²) in [5.41, 5.74) is 1.16. The van der Waals surface area contributed by atoms with Crippen LogP contribution in [0.15, 0.2) is 50.5 Å². The van der Waals surface area contributed by atoms with Crippen molar-refractivity contribution in [1.82, 2.24) is 4.57 Å². The second kappa shape index (κ2) is 6.75. The average Bonchev–Trinajstić information content (AvgIpc) is 2.94. The number of nitrogens with one attached hydrogen (secondary N) is 1. The minimum atomic E-state index is -3.95. The maximum Gasteiger partial charge on any atom is 0.419 e. The van der Waals surface area contributed by atoms with Crippen LogP contribution in [0.5, 0.6) is 11.5 Å². The van der Waals surface area contributed by atoms with Crippen LogP contribution < -0.4 is 20.0 Å². The van der Waals surface area contributed by atoms with Gasteiger partial charge in [0.1, 0.15) is 16.4 Å². The molecule has 0 radical (unpaired) electrons. The van der Waals surface area contributed by atoms with Gasteiger partial charge in [0.25, 0.3) is 10.0 Å². The average molecular weight is 378 g/mol. The van der Waals surface area contributed by atoms with Crippen molar-refractivity contribution >= 4 is 26.8 Å². The molecule has 0 fully saturated rings. The number of fused-ring (bicyclic) bond motifs is 1. The fourth-order valence-electron chi connectivity index (χ4n) is 2.63. The number of nitrogens with zero attached hydrogens (tertiary/aromatic N) is 1.